The van der Waals surface area contributed by atoms with Crippen LogP contribution in [0.1, 0.15) is 10.4 Å². The van der Waals surface area contributed by atoms with Gasteiger partial charge in [0.25, 0.3) is 5.91 Å². The Hall–Kier alpha value is -4.13. The Morgan fingerprint density at radius 1 is 1.00 bits per heavy atom. The van der Waals surface area contributed by atoms with Crippen molar-refractivity contribution in [3.05, 3.63) is 78.6 Å². The van der Waals surface area contributed by atoms with Crippen LogP contribution in [0.15, 0.2) is 73.1 Å². The van der Waals surface area contributed by atoms with Crippen LogP contribution in [0.4, 0.5) is 5.69 Å². The van der Waals surface area contributed by atoms with Gasteiger partial charge in [0.1, 0.15) is 12.1 Å². The number of carbonyl (C=O) groups excluding carboxylic acids is 1. The fourth-order valence-corrected chi connectivity index (χ4v) is 2.80. The first-order valence-electron chi connectivity index (χ1n) is 8.80. The van der Waals surface area contributed by atoms with Crippen LogP contribution >= 0.6 is 0 Å². The van der Waals surface area contributed by atoms with Crippen LogP contribution in [0, 0.1) is 0 Å². The Bertz CT molecular complexity index is 1160. The van der Waals surface area contributed by atoms with E-state index in [-0.39, 0.29) is 11.7 Å². The van der Waals surface area contributed by atoms with Gasteiger partial charge in [-0.15, -0.1) is 0 Å². The number of phenols is 1. The highest BCUT2D eigenvalue weighted by Gasteiger charge is 2.12. The molecule has 1 amide bonds. The van der Waals surface area contributed by atoms with Crippen molar-refractivity contribution in [3.63, 3.8) is 0 Å². The number of nitrogens with zero attached hydrogens (tertiary/aromatic N) is 2. The third-order valence-electron chi connectivity index (χ3n) is 4.26. The van der Waals surface area contributed by atoms with Gasteiger partial charge in [-0.2, -0.15) is 0 Å². The molecule has 4 aromatic rings. The molecular formula is C22H17N3O4. The lowest BCUT2D eigenvalue weighted by Crippen LogP contribution is -2.11. The maximum atomic E-state index is 12.2. The van der Waals surface area contributed by atoms with E-state index in [1.165, 1.54) is 19.5 Å². The predicted octanol–water partition coefficient (Wildman–Crippen LogP) is 4.39. The number of methoxy groups -OCH3 is 1. The molecule has 0 radical (unpaired) electrons. The summed E-state index contributed by atoms with van der Waals surface area (Å²) >= 11 is 0. The van der Waals surface area contributed by atoms with Crippen LogP contribution in [0.25, 0.3) is 10.9 Å². The number of anilines is 1. The zero-order valence-electron chi connectivity index (χ0n) is 15.5. The van der Waals surface area contributed by atoms with Gasteiger partial charge in [-0.1, -0.05) is 18.2 Å². The summed E-state index contributed by atoms with van der Waals surface area (Å²) in [7, 11) is 1.47. The molecule has 144 valence electrons. The summed E-state index contributed by atoms with van der Waals surface area (Å²) < 4.78 is 11.0. The van der Waals surface area contributed by atoms with E-state index < -0.39 is 0 Å². The summed E-state index contributed by atoms with van der Waals surface area (Å²) in [5.41, 5.74) is 1.75. The number of rotatable bonds is 5. The third kappa shape index (κ3) is 3.93. The van der Waals surface area contributed by atoms with Gasteiger partial charge >= 0.3 is 0 Å². The number of ether oxygens (including phenoxy) is 2. The normalized spacial score (nSPS) is 10.5. The van der Waals surface area contributed by atoms with Crippen molar-refractivity contribution in [1.82, 2.24) is 9.97 Å². The highest BCUT2D eigenvalue weighted by Crippen LogP contribution is 2.35. The highest BCUT2D eigenvalue weighted by molar-refractivity contribution is 6.04. The molecule has 0 aliphatic carbocycles. The molecule has 0 atom stereocenters. The largest absolute Gasteiger partial charge is 0.504 e. The first-order chi connectivity index (χ1) is 14.1. The minimum Gasteiger partial charge on any atom is -0.504 e. The maximum absolute atomic E-state index is 12.2. The molecule has 2 N–H and O–H groups in total. The highest BCUT2D eigenvalue weighted by atomic mass is 16.5. The van der Waals surface area contributed by atoms with Crippen LogP contribution in [0.3, 0.4) is 0 Å². The van der Waals surface area contributed by atoms with E-state index in [1.54, 1.807) is 42.5 Å². The average Bonchev–Trinajstić information content (AvgIpc) is 2.75. The number of benzene rings is 3. The summed E-state index contributed by atoms with van der Waals surface area (Å²) in [6.07, 6.45) is 1.36. The van der Waals surface area contributed by atoms with Crippen molar-refractivity contribution in [3.8, 4) is 23.1 Å². The number of carbonyl (C=O) groups is 1. The standard InChI is InChI=1S/C22H17N3O4/c1-28-20-11-17-18(12-19(20)26)23-13-24-22(17)29-16-9-7-15(8-10-16)25-21(27)14-5-3-2-4-6-14/h2-13,26H,1H3,(H,25,27). The lowest BCUT2D eigenvalue weighted by molar-refractivity contribution is 0.102. The van der Waals surface area contributed by atoms with E-state index >= 15 is 0 Å². The first-order valence-corrected chi connectivity index (χ1v) is 8.80. The number of hydrogen-bond acceptors (Lipinski definition) is 6. The number of fused-ring (bicyclic) bond motifs is 1. The van der Waals surface area contributed by atoms with E-state index in [9.17, 15) is 9.90 Å². The fraction of sp³-hybridized carbons (Fsp3) is 0.0455. The molecule has 0 saturated heterocycles. The molecule has 0 unspecified atom stereocenters. The molecule has 29 heavy (non-hydrogen) atoms. The Morgan fingerprint density at radius 2 is 1.76 bits per heavy atom. The molecule has 0 spiro atoms. The molecule has 0 saturated carbocycles. The van der Waals surface area contributed by atoms with Crippen molar-refractivity contribution in [1.29, 1.82) is 0 Å². The zero-order valence-corrected chi connectivity index (χ0v) is 15.5. The second-order valence-electron chi connectivity index (χ2n) is 6.17. The number of nitrogens with one attached hydrogen (secondary N) is 1. The molecule has 0 aliphatic rings. The number of aromatic nitrogens is 2. The average molecular weight is 387 g/mol. The molecule has 0 bridgehead atoms. The van der Waals surface area contributed by atoms with Crippen LogP contribution in [0.5, 0.6) is 23.1 Å². The summed E-state index contributed by atoms with van der Waals surface area (Å²) in [6, 6.07) is 19.0. The predicted molar refractivity (Wildman–Crippen MR) is 109 cm³/mol. The summed E-state index contributed by atoms with van der Waals surface area (Å²) in [5.74, 6) is 0.969. The van der Waals surface area contributed by atoms with E-state index in [4.69, 9.17) is 9.47 Å². The quantitative estimate of drug-likeness (QED) is 0.528. The second-order valence-corrected chi connectivity index (χ2v) is 6.17. The van der Waals surface area contributed by atoms with Crippen LogP contribution in [-0.4, -0.2) is 28.1 Å². The monoisotopic (exact) mass is 387 g/mol. The summed E-state index contributed by atoms with van der Waals surface area (Å²) in [6.45, 7) is 0. The van der Waals surface area contributed by atoms with Crippen LogP contribution < -0.4 is 14.8 Å². The van der Waals surface area contributed by atoms with E-state index in [2.05, 4.69) is 15.3 Å². The smallest absolute Gasteiger partial charge is 0.255 e. The molecule has 7 heteroatoms. The van der Waals surface area contributed by atoms with Gasteiger partial charge in [0.05, 0.1) is 18.0 Å². The lowest BCUT2D eigenvalue weighted by atomic mass is 10.2. The number of amides is 1. The second kappa shape index (κ2) is 7.85. The Kier molecular flexibility index (Phi) is 4.94. The van der Waals surface area contributed by atoms with Gasteiger partial charge in [-0.25, -0.2) is 9.97 Å². The van der Waals surface area contributed by atoms with Crippen molar-refractivity contribution < 1.29 is 19.4 Å². The maximum Gasteiger partial charge on any atom is 0.255 e. The van der Waals surface area contributed by atoms with Crippen molar-refractivity contribution in [2.75, 3.05) is 12.4 Å². The van der Waals surface area contributed by atoms with E-state index in [1.807, 2.05) is 18.2 Å². The first kappa shape index (κ1) is 18.2. The van der Waals surface area contributed by atoms with Gasteiger partial charge in [0, 0.05) is 17.3 Å². The minimum absolute atomic E-state index is 0.0110. The van der Waals surface area contributed by atoms with Gasteiger partial charge in [0.15, 0.2) is 11.5 Å². The van der Waals surface area contributed by atoms with Gasteiger partial charge in [0.2, 0.25) is 5.88 Å². The van der Waals surface area contributed by atoms with E-state index in [0.29, 0.717) is 39.5 Å². The topological polar surface area (TPSA) is 93.6 Å². The summed E-state index contributed by atoms with van der Waals surface area (Å²) in [4.78, 5) is 20.6. The number of aromatic hydroxyl groups is 1. The van der Waals surface area contributed by atoms with Gasteiger partial charge < -0.3 is 19.9 Å². The molecular weight excluding hydrogens is 370 g/mol. The molecule has 1 aromatic heterocycles. The molecule has 0 aliphatic heterocycles. The Labute approximate surface area is 166 Å². The molecule has 0 fully saturated rings. The van der Waals surface area contributed by atoms with Crippen molar-refractivity contribution in [2.24, 2.45) is 0 Å². The minimum atomic E-state index is -0.187. The molecule has 3 aromatic carbocycles. The lowest BCUT2D eigenvalue weighted by Gasteiger charge is -2.10. The van der Waals surface area contributed by atoms with Crippen LogP contribution in [0.2, 0.25) is 0 Å². The van der Waals surface area contributed by atoms with Crippen molar-refractivity contribution in [2.45, 2.75) is 0 Å². The zero-order chi connectivity index (χ0) is 20.2. The van der Waals surface area contributed by atoms with Crippen molar-refractivity contribution >= 4 is 22.5 Å². The molecule has 4 rings (SSSR count). The fourth-order valence-electron chi connectivity index (χ4n) is 2.80. The third-order valence-corrected chi connectivity index (χ3v) is 4.26. The van der Waals surface area contributed by atoms with E-state index in [0.717, 1.165) is 0 Å². The number of phenolic OH excluding ortho intramolecular Hbond substituents is 1. The van der Waals surface area contributed by atoms with Gasteiger partial charge in [-0.05, 0) is 42.5 Å². The van der Waals surface area contributed by atoms with Crippen LogP contribution in [-0.2, 0) is 0 Å². The number of hydrogen-bond donors (Lipinski definition) is 2. The Balaban J connectivity index is 1.54. The molecule has 1 heterocycles. The Morgan fingerprint density at radius 3 is 2.48 bits per heavy atom. The summed E-state index contributed by atoms with van der Waals surface area (Å²) in [5, 5.41) is 13.3. The molecule has 7 nitrogen and oxygen atoms in total. The SMILES string of the molecule is COc1cc2c(Oc3ccc(NC(=O)c4ccccc4)cc3)ncnc2cc1O. The van der Waals surface area contributed by atoms with Gasteiger partial charge in [-0.3, -0.25) is 4.79 Å².